The van der Waals surface area contributed by atoms with Crippen molar-refractivity contribution in [1.82, 2.24) is 19.9 Å². The van der Waals surface area contributed by atoms with E-state index in [1.165, 1.54) is 31.9 Å². The molecule has 0 spiro atoms. The molecule has 3 rings (SSSR count). The second kappa shape index (κ2) is 8.03. The Morgan fingerprint density at radius 3 is 2.39 bits per heavy atom. The maximum atomic E-state index is 12.4. The number of nitrogens with one attached hydrogen (secondary N) is 2. The second-order valence-electron chi connectivity index (χ2n) is 6.21. The van der Waals surface area contributed by atoms with E-state index in [-0.39, 0.29) is 24.4 Å². The van der Waals surface area contributed by atoms with Crippen molar-refractivity contribution in [2.75, 3.05) is 21.3 Å². The van der Waals surface area contributed by atoms with Gasteiger partial charge in [0.25, 0.3) is 5.56 Å². The highest BCUT2D eigenvalue weighted by Crippen LogP contribution is 2.38. The quantitative estimate of drug-likeness (QED) is 0.632. The molecule has 2 heterocycles. The average molecular weight is 386 g/mol. The Labute approximate surface area is 161 Å². The van der Waals surface area contributed by atoms with E-state index in [1.807, 2.05) is 6.92 Å². The lowest BCUT2D eigenvalue weighted by atomic mass is 10.1. The van der Waals surface area contributed by atoms with Gasteiger partial charge in [-0.15, -0.1) is 0 Å². The highest BCUT2D eigenvalue weighted by atomic mass is 16.5. The molecule has 9 nitrogen and oxygen atoms in total. The minimum Gasteiger partial charge on any atom is -0.493 e. The molecule has 0 saturated carbocycles. The van der Waals surface area contributed by atoms with Crippen molar-refractivity contribution in [3.63, 3.8) is 0 Å². The van der Waals surface area contributed by atoms with Crippen molar-refractivity contribution in [2.45, 2.75) is 19.9 Å². The molecule has 1 amide bonds. The van der Waals surface area contributed by atoms with Gasteiger partial charge in [0.15, 0.2) is 17.1 Å². The Bertz CT molecular complexity index is 1040. The van der Waals surface area contributed by atoms with Gasteiger partial charge < -0.3 is 19.5 Å². The predicted molar refractivity (Wildman–Crippen MR) is 102 cm³/mol. The Kier molecular flexibility index (Phi) is 5.53. The fourth-order valence-electron chi connectivity index (χ4n) is 2.93. The van der Waals surface area contributed by atoms with E-state index >= 15 is 0 Å². The molecule has 2 N–H and O–H groups in total. The lowest BCUT2D eigenvalue weighted by Gasteiger charge is -2.14. The molecule has 0 fully saturated rings. The highest BCUT2D eigenvalue weighted by Gasteiger charge is 2.15. The molecule has 28 heavy (non-hydrogen) atoms. The number of rotatable bonds is 7. The van der Waals surface area contributed by atoms with Crippen molar-refractivity contribution < 1.29 is 19.0 Å². The van der Waals surface area contributed by atoms with E-state index in [0.29, 0.717) is 34.2 Å². The number of amides is 1. The highest BCUT2D eigenvalue weighted by molar-refractivity contribution is 5.79. The van der Waals surface area contributed by atoms with Crippen molar-refractivity contribution in [3.05, 3.63) is 51.6 Å². The fraction of sp³-hybridized carbons (Fsp3) is 0.316. The number of carbonyl (C=O) groups excluding carboxylic acids is 1. The van der Waals surface area contributed by atoms with Gasteiger partial charge in [-0.25, -0.2) is 9.50 Å². The van der Waals surface area contributed by atoms with Crippen molar-refractivity contribution in [1.29, 1.82) is 0 Å². The smallest absolute Gasteiger partial charge is 0.272 e. The van der Waals surface area contributed by atoms with Crippen molar-refractivity contribution >= 4 is 11.6 Å². The van der Waals surface area contributed by atoms with Crippen LogP contribution in [0, 0.1) is 6.92 Å². The SMILES string of the molecule is COc1cc(CC(=O)NCc2cc(=O)n3[nH]c(C)cc3n2)cc(OC)c1OC. The van der Waals surface area contributed by atoms with E-state index in [0.717, 1.165) is 5.69 Å². The summed E-state index contributed by atoms with van der Waals surface area (Å²) < 4.78 is 17.2. The first-order valence-corrected chi connectivity index (χ1v) is 8.59. The molecule has 3 aromatic rings. The van der Waals surface area contributed by atoms with Crippen LogP contribution in [-0.2, 0) is 17.8 Å². The number of methoxy groups -OCH3 is 3. The number of nitrogens with zero attached hydrogens (tertiary/aromatic N) is 2. The number of benzene rings is 1. The Morgan fingerprint density at radius 1 is 1.11 bits per heavy atom. The molecule has 2 aromatic heterocycles. The lowest BCUT2D eigenvalue weighted by molar-refractivity contribution is -0.120. The van der Waals surface area contributed by atoms with E-state index < -0.39 is 0 Å². The fourth-order valence-corrected chi connectivity index (χ4v) is 2.93. The molecule has 0 aliphatic heterocycles. The molecule has 0 atom stereocenters. The van der Waals surface area contributed by atoms with Crippen LogP contribution in [0.1, 0.15) is 17.0 Å². The molecule has 0 aliphatic rings. The Hall–Kier alpha value is -3.49. The summed E-state index contributed by atoms with van der Waals surface area (Å²) in [5.74, 6) is 1.20. The van der Waals surface area contributed by atoms with Gasteiger partial charge >= 0.3 is 0 Å². The first kappa shape index (κ1) is 19.3. The van der Waals surface area contributed by atoms with Gasteiger partial charge in [-0.2, -0.15) is 0 Å². The maximum Gasteiger partial charge on any atom is 0.272 e. The molecule has 9 heteroatoms. The largest absolute Gasteiger partial charge is 0.493 e. The van der Waals surface area contributed by atoms with Crippen LogP contribution in [0.3, 0.4) is 0 Å². The predicted octanol–water partition coefficient (Wildman–Crippen LogP) is 1.22. The van der Waals surface area contributed by atoms with Crippen LogP contribution in [-0.4, -0.2) is 41.8 Å². The zero-order valence-electron chi connectivity index (χ0n) is 16.2. The first-order chi connectivity index (χ1) is 13.4. The molecule has 148 valence electrons. The van der Waals surface area contributed by atoms with Crippen molar-refractivity contribution in [3.8, 4) is 17.2 Å². The number of carbonyl (C=O) groups is 1. The van der Waals surface area contributed by atoms with Crippen LogP contribution < -0.4 is 25.1 Å². The van der Waals surface area contributed by atoms with Crippen LogP contribution in [0.5, 0.6) is 17.2 Å². The van der Waals surface area contributed by atoms with E-state index in [2.05, 4.69) is 15.4 Å². The molecule has 0 aliphatic carbocycles. The summed E-state index contributed by atoms with van der Waals surface area (Å²) in [6.07, 6.45) is 0.112. The summed E-state index contributed by atoms with van der Waals surface area (Å²) in [7, 11) is 4.56. The van der Waals surface area contributed by atoms with Crippen LogP contribution >= 0.6 is 0 Å². The summed E-state index contributed by atoms with van der Waals surface area (Å²) in [6, 6.07) is 6.60. The molecule has 0 saturated heterocycles. The van der Waals surface area contributed by atoms with Crippen molar-refractivity contribution in [2.24, 2.45) is 0 Å². The summed E-state index contributed by atoms with van der Waals surface area (Å²) in [4.78, 5) is 28.8. The number of H-pyrrole nitrogens is 1. The van der Waals surface area contributed by atoms with Crippen LogP contribution in [0.25, 0.3) is 5.65 Å². The lowest BCUT2D eigenvalue weighted by Crippen LogP contribution is -2.26. The number of fused-ring (bicyclic) bond motifs is 1. The van der Waals surface area contributed by atoms with Crippen LogP contribution in [0.2, 0.25) is 0 Å². The second-order valence-corrected chi connectivity index (χ2v) is 6.21. The van der Waals surface area contributed by atoms with E-state index in [1.54, 1.807) is 18.2 Å². The zero-order valence-corrected chi connectivity index (χ0v) is 16.2. The standard InChI is InChI=1S/C19H22N4O5/c1-11-5-16-21-13(9-18(25)23(16)22-11)10-20-17(24)8-12-6-14(26-2)19(28-4)15(7-12)27-3/h5-7,9,22H,8,10H2,1-4H3,(H,20,24). The van der Waals surface area contributed by atoms with Gasteiger partial charge in [-0.1, -0.05) is 0 Å². The minimum absolute atomic E-state index is 0.112. The molecular formula is C19H22N4O5. The summed E-state index contributed by atoms with van der Waals surface area (Å²) in [5, 5.41) is 5.68. The number of aryl methyl sites for hydroxylation is 1. The van der Waals surface area contributed by atoms with Gasteiger partial charge in [0, 0.05) is 17.8 Å². The number of ether oxygens (including phenoxy) is 3. The molecule has 0 unspecified atom stereocenters. The molecule has 1 aromatic carbocycles. The maximum absolute atomic E-state index is 12.4. The summed E-state index contributed by atoms with van der Waals surface area (Å²) >= 11 is 0. The molecular weight excluding hydrogens is 364 g/mol. The van der Waals surface area contributed by atoms with E-state index in [9.17, 15) is 9.59 Å². The minimum atomic E-state index is -0.230. The average Bonchev–Trinajstić information content (AvgIpc) is 3.06. The number of aromatic amines is 1. The number of hydrogen-bond donors (Lipinski definition) is 2. The van der Waals surface area contributed by atoms with Crippen LogP contribution in [0.15, 0.2) is 29.1 Å². The zero-order chi connectivity index (χ0) is 20.3. The summed E-state index contributed by atoms with van der Waals surface area (Å²) in [5.41, 5.74) is 2.30. The third-order valence-corrected chi connectivity index (χ3v) is 4.19. The normalized spacial score (nSPS) is 10.7. The Balaban J connectivity index is 1.72. The van der Waals surface area contributed by atoms with Gasteiger partial charge in [0.05, 0.1) is 40.0 Å². The Morgan fingerprint density at radius 2 is 1.79 bits per heavy atom. The number of aromatic nitrogens is 3. The molecule has 0 radical (unpaired) electrons. The third-order valence-electron chi connectivity index (χ3n) is 4.19. The van der Waals surface area contributed by atoms with E-state index in [4.69, 9.17) is 14.2 Å². The van der Waals surface area contributed by atoms with Crippen LogP contribution in [0.4, 0.5) is 0 Å². The first-order valence-electron chi connectivity index (χ1n) is 8.59. The van der Waals surface area contributed by atoms with Gasteiger partial charge in [-0.3, -0.25) is 14.7 Å². The summed E-state index contributed by atoms with van der Waals surface area (Å²) in [6.45, 7) is 1.99. The molecule has 0 bridgehead atoms. The third kappa shape index (κ3) is 3.93. The monoisotopic (exact) mass is 386 g/mol. The van der Waals surface area contributed by atoms with Gasteiger partial charge in [0.1, 0.15) is 0 Å². The van der Waals surface area contributed by atoms with Gasteiger partial charge in [-0.05, 0) is 24.6 Å². The van der Waals surface area contributed by atoms with Gasteiger partial charge in [0.2, 0.25) is 11.7 Å². The number of hydrogen-bond acceptors (Lipinski definition) is 6. The topological polar surface area (TPSA) is 107 Å².